The Kier molecular flexibility index (Phi) is 7.86. The summed E-state index contributed by atoms with van der Waals surface area (Å²) in [5.74, 6) is 1.69. The second kappa shape index (κ2) is 9.91. The van der Waals surface area contributed by atoms with Crippen LogP contribution in [-0.4, -0.2) is 55.6 Å². The molecule has 4 nitrogen and oxygen atoms in total. The fourth-order valence-corrected chi connectivity index (χ4v) is 2.85. The molecule has 0 amide bonds. The molecule has 0 saturated carbocycles. The molecule has 1 aliphatic rings. The Labute approximate surface area is 140 Å². The predicted octanol–water partition coefficient (Wildman–Crippen LogP) is 2.74. The van der Waals surface area contributed by atoms with Crippen molar-refractivity contribution in [3.05, 3.63) is 29.8 Å². The summed E-state index contributed by atoms with van der Waals surface area (Å²) >= 11 is 0. The van der Waals surface area contributed by atoms with Crippen molar-refractivity contribution >= 4 is 0 Å². The van der Waals surface area contributed by atoms with Gasteiger partial charge in [-0.3, -0.25) is 0 Å². The third kappa shape index (κ3) is 6.90. The monoisotopic (exact) mass is 321 g/mol. The zero-order valence-electron chi connectivity index (χ0n) is 14.5. The van der Waals surface area contributed by atoms with Crippen LogP contribution in [0.2, 0.25) is 0 Å². The molecule has 1 atom stereocenters. The van der Waals surface area contributed by atoms with Gasteiger partial charge in [-0.15, -0.1) is 0 Å². The number of hydrogen-bond donors (Lipinski definition) is 1. The maximum absolute atomic E-state index is 10.0. The van der Waals surface area contributed by atoms with Gasteiger partial charge in [0.2, 0.25) is 0 Å². The van der Waals surface area contributed by atoms with Crippen LogP contribution in [0.3, 0.4) is 0 Å². The molecular weight excluding hydrogens is 290 g/mol. The first kappa shape index (κ1) is 18.2. The van der Waals surface area contributed by atoms with E-state index in [0.717, 1.165) is 31.2 Å². The van der Waals surface area contributed by atoms with Crippen molar-refractivity contribution in [1.82, 2.24) is 4.90 Å². The molecule has 1 unspecified atom stereocenters. The molecule has 1 aromatic rings. The highest BCUT2D eigenvalue weighted by Gasteiger charge is 2.18. The summed E-state index contributed by atoms with van der Waals surface area (Å²) in [5.41, 5.74) is 1.31. The second-order valence-electron chi connectivity index (χ2n) is 6.56. The lowest BCUT2D eigenvalue weighted by Crippen LogP contribution is -2.40. The van der Waals surface area contributed by atoms with E-state index in [1.165, 1.54) is 18.4 Å². The second-order valence-corrected chi connectivity index (χ2v) is 6.56. The lowest BCUT2D eigenvalue weighted by molar-refractivity contribution is 0.00333. The minimum Gasteiger partial charge on any atom is -0.491 e. The van der Waals surface area contributed by atoms with Gasteiger partial charge in [-0.1, -0.05) is 26.0 Å². The molecule has 1 heterocycles. The zero-order chi connectivity index (χ0) is 16.5. The van der Waals surface area contributed by atoms with Gasteiger partial charge in [0.15, 0.2) is 0 Å². The van der Waals surface area contributed by atoms with Crippen LogP contribution in [0.4, 0.5) is 0 Å². The van der Waals surface area contributed by atoms with Crippen molar-refractivity contribution in [3.63, 3.8) is 0 Å². The lowest BCUT2D eigenvalue weighted by atomic mass is 9.99. The van der Waals surface area contributed by atoms with E-state index in [9.17, 15) is 5.11 Å². The maximum atomic E-state index is 10.0. The minimum absolute atomic E-state index is 0.379. The summed E-state index contributed by atoms with van der Waals surface area (Å²) < 4.78 is 11.2. The number of likely N-dealkylation sites (tertiary alicyclic amines) is 1. The van der Waals surface area contributed by atoms with Gasteiger partial charge >= 0.3 is 0 Å². The summed E-state index contributed by atoms with van der Waals surface area (Å²) in [6, 6.07) is 8.15. The Balaban J connectivity index is 1.52. The highest BCUT2D eigenvalue weighted by atomic mass is 16.5. The van der Waals surface area contributed by atoms with E-state index in [0.29, 0.717) is 26.4 Å². The maximum Gasteiger partial charge on any atom is 0.119 e. The molecule has 130 valence electrons. The molecule has 1 fully saturated rings. The van der Waals surface area contributed by atoms with Crippen molar-refractivity contribution in [3.8, 4) is 5.75 Å². The molecule has 23 heavy (non-hydrogen) atoms. The summed E-state index contributed by atoms with van der Waals surface area (Å²) in [6.07, 6.45) is 3.10. The summed E-state index contributed by atoms with van der Waals surface area (Å²) in [7, 11) is 0. The average molecular weight is 321 g/mol. The van der Waals surface area contributed by atoms with Crippen molar-refractivity contribution in [2.45, 2.75) is 39.2 Å². The molecule has 0 spiro atoms. The van der Waals surface area contributed by atoms with Gasteiger partial charge in [-0.2, -0.15) is 0 Å². The van der Waals surface area contributed by atoms with Crippen LogP contribution in [0, 0.1) is 5.92 Å². The van der Waals surface area contributed by atoms with Gasteiger partial charge in [-0.05, 0) is 56.0 Å². The quantitative estimate of drug-likeness (QED) is 0.710. The summed E-state index contributed by atoms with van der Waals surface area (Å²) in [5, 5.41) is 10.0. The van der Waals surface area contributed by atoms with Gasteiger partial charge in [0, 0.05) is 6.54 Å². The van der Waals surface area contributed by atoms with Gasteiger partial charge in [0.05, 0.1) is 19.3 Å². The summed E-state index contributed by atoms with van der Waals surface area (Å²) in [6.45, 7) is 8.73. The fourth-order valence-electron chi connectivity index (χ4n) is 2.85. The van der Waals surface area contributed by atoms with Gasteiger partial charge in [-0.25, -0.2) is 0 Å². The number of rotatable bonds is 9. The van der Waals surface area contributed by atoms with E-state index in [2.05, 4.69) is 30.9 Å². The van der Waals surface area contributed by atoms with Gasteiger partial charge < -0.3 is 19.5 Å². The number of hydrogen-bond acceptors (Lipinski definition) is 4. The van der Waals surface area contributed by atoms with Crippen LogP contribution in [0.25, 0.3) is 0 Å². The number of aliphatic hydroxyl groups is 1. The number of piperidine rings is 1. The molecule has 1 aliphatic heterocycles. The Morgan fingerprint density at radius 1 is 1.17 bits per heavy atom. The van der Waals surface area contributed by atoms with Crippen LogP contribution in [0.5, 0.6) is 5.75 Å². The molecule has 0 aliphatic carbocycles. The first-order valence-corrected chi connectivity index (χ1v) is 8.87. The highest BCUT2D eigenvalue weighted by Crippen LogP contribution is 2.16. The van der Waals surface area contributed by atoms with Crippen molar-refractivity contribution in [2.24, 2.45) is 5.92 Å². The molecule has 1 aromatic carbocycles. The third-order valence-corrected chi connectivity index (χ3v) is 4.48. The first-order chi connectivity index (χ1) is 11.2. The first-order valence-electron chi connectivity index (χ1n) is 8.87. The van der Waals surface area contributed by atoms with E-state index in [4.69, 9.17) is 9.47 Å². The standard InChI is InChI=1S/C19H31NO3/c1-3-17-4-6-19(7-5-17)23-13-12-22-15-18(21)14-20-10-8-16(2)9-11-20/h4-7,16,18,21H,3,8-15H2,1-2H3. The SMILES string of the molecule is CCc1ccc(OCCOCC(O)CN2CCC(C)CC2)cc1. The molecular formula is C19H31NO3. The summed E-state index contributed by atoms with van der Waals surface area (Å²) in [4.78, 5) is 2.33. The van der Waals surface area contributed by atoms with Crippen LogP contribution in [0.1, 0.15) is 32.3 Å². The highest BCUT2D eigenvalue weighted by molar-refractivity contribution is 5.27. The number of β-amino-alcohol motifs (C(OH)–C–C–N with tert-alkyl or cyclic N) is 1. The zero-order valence-corrected chi connectivity index (χ0v) is 14.5. The molecule has 1 N–H and O–H groups in total. The van der Waals surface area contributed by atoms with Crippen LogP contribution < -0.4 is 4.74 Å². The largest absolute Gasteiger partial charge is 0.491 e. The van der Waals surface area contributed by atoms with E-state index in [1.807, 2.05) is 12.1 Å². The Hall–Kier alpha value is -1.10. The lowest BCUT2D eigenvalue weighted by Gasteiger charge is -2.31. The third-order valence-electron chi connectivity index (χ3n) is 4.48. The number of nitrogens with zero attached hydrogens (tertiary/aromatic N) is 1. The van der Waals surface area contributed by atoms with Crippen molar-refractivity contribution in [2.75, 3.05) is 39.5 Å². The number of aryl methyl sites for hydroxylation is 1. The predicted molar refractivity (Wildman–Crippen MR) is 93.0 cm³/mol. The Morgan fingerprint density at radius 2 is 1.87 bits per heavy atom. The van der Waals surface area contributed by atoms with Gasteiger partial charge in [0.1, 0.15) is 12.4 Å². The molecule has 0 radical (unpaired) electrons. The number of ether oxygens (including phenoxy) is 2. The van der Waals surface area contributed by atoms with E-state index < -0.39 is 6.10 Å². The molecule has 2 rings (SSSR count). The number of benzene rings is 1. The van der Waals surface area contributed by atoms with Crippen LogP contribution in [-0.2, 0) is 11.2 Å². The smallest absolute Gasteiger partial charge is 0.119 e. The van der Waals surface area contributed by atoms with E-state index in [1.54, 1.807) is 0 Å². The Morgan fingerprint density at radius 3 is 2.52 bits per heavy atom. The fraction of sp³-hybridized carbons (Fsp3) is 0.684. The normalized spacial score (nSPS) is 18.0. The Bertz CT molecular complexity index is 427. The van der Waals surface area contributed by atoms with Crippen LogP contribution >= 0.6 is 0 Å². The number of aliphatic hydroxyl groups excluding tert-OH is 1. The van der Waals surface area contributed by atoms with E-state index >= 15 is 0 Å². The van der Waals surface area contributed by atoms with Crippen LogP contribution in [0.15, 0.2) is 24.3 Å². The van der Waals surface area contributed by atoms with E-state index in [-0.39, 0.29) is 0 Å². The molecule has 1 saturated heterocycles. The topological polar surface area (TPSA) is 41.9 Å². The molecule has 4 heteroatoms. The molecule has 0 bridgehead atoms. The van der Waals surface area contributed by atoms with Crippen molar-refractivity contribution < 1.29 is 14.6 Å². The molecule has 0 aromatic heterocycles. The van der Waals surface area contributed by atoms with Gasteiger partial charge in [0.25, 0.3) is 0 Å². The average Bonchev–Trinajstić information content (AvgIpc) is 2.57. The van der Waals surface area contributed by atoms with Crippen molar-refractivity contribution in [1.29, 1.82) is 0 Å². The minimum atomic E-state index is -0.410.